The number of carbonyl (C=O) groups is 2. The summed E-state index contributed by atoms with van der Waals surface area (Å²) in [6.45, 7) is 5.21. The third-order valence-electron chi connectivity index (χ3n) is 5.93. The van der Waals surface area contributed by atoms with Gasteiger partial charge in [0.05, 0.1) is 12.3 Å². The van der Waals surface area contributed by atoms with Gasteiger partial charge in [-0.1, -0.05) is 30.3 Å². The number of likely N-dealkylation sites (tertiary alicyclic amines) is 1. The standard InChI is InChI=1S/C23H28N4O3/c1-16(25-17(2)28)14-20(29)27-11-9-23(10-12-27)21-19(8-13-30-23)15-24-22(26-21)18-6-4-3-5-7-18/h3-7,15-16H,8-14H2,1-2H3,(H,25,28). The van der Waals surface area contributed by atoms with Crippen molar-refractivity contribution in [2.45, 2.75) is 51.2 Å². The molecule has 0 saturated carbocycles. The number of fused-ring (bicyclic) bond motifs is 2. The molecule has 4 rings (SSSR count). The zero-order chi connectivity index (χ0) is 21.1. The lowest BCUT2D eigenvalue weighted by Crippen LogP contribution is -2.49. The van der Waals surface area contributed by atoms with Gasteiger partial charge in [0.15, 0.2) is 5.82 Å². The lowest BCUT2D eigenvalue weighted by atomic mass is 9.83. The number of ether oxygens (including phenoxy) is 1. The Morgan fingerprint density at radius 3 is 2.67 bits per heavy atom. The van der Waals surface area contributed by atoms with E-state index in [1.54, 1.807) is 0 Å². The summed E-state index contributed by atoms with van der Waals surface area (Å²) in [5.74, 6) is 0.658. The zero-order valence-corrected chi connectivity index (χ0v) is 17.6. The maximum Gasteiger partial charge on any atom is 0.224 e. The predicted octanol–water partition coefficient (Wildman–Crippen LogP) is 2.45. The van der Waals surface area contributed by atoms with Crippen LogP contribution in [0.15, 0.2) is 36.5 Å². The fourth-order valence-corrected chi connectivity index (χ4v) is 4.42. The second kappa shape index (κ2) is 8.52. The number of nitrogens with one attached hydrogen (secondary N) is 1. The molecule has 30 heavy (non-hydrogen) atoms. The number of piperidine rings is 1. The summed E-state index contributed by atoms with van der Waals surface area (Å²) >= 11 is 0. The number of hydrogen-bond acceptors (Lipinski definition) is 5. The fraction of sp³-hybridized carbons (Fsp3) is 0.478. The van der Waals surface area contributed by atoms with Crippen LogP contribution in [-0.4, -0.2) is 52.4 Å². The average Bonchev–Trinajstić information content (AvgIpc) is 2.74. The van der Waals surface area contributed by atoms with Gasteiger partial charge in [0.2, 0.25) is 11.8 Å². The van der Waals surface area contributed by atoms with Crippen molar-refractivity contribution in [1.82, 2.24) is 20.2 Å². The third-order valence-corrected chi connectivity index (χ3v) is 5.93. The monoisotopic (exact) mass is 408 g/mol. The van der Waals surface area contributed by atoms with Crippen molar-refractivity contribution in [2.75, 3.05) is 19.7 Å². The normalized spacial score (nSPS) is 18.5. The van der Waals surface area contributed by atoms with E-state index in [9.17, 15) is 9.59 Å². The van der Waals surface area contributed by atoms with Crippen LogP contribution in [0.2, 0.25) is 0 Å². The smallest absolute Gasteiger partial charge is 0.224 e. The first-order valence-corrected chi connectivity index (χ1v) is 10.6. The topological polar surface area (TPSA) is 84.4 Å². The van der Waals surface area contributed by atoms with E-state index in [4.69, 9.17) is 9.72 Å². The van der Waals surface area contributed by atoms with Crippen LogP contribution < -0.4 is 5.32 Å². The van der Waals surface area contributed by atoms with Gasteiger partial charge in [-0.2, -0.15) is 0 Å². The first-order chi connectivity index (χ1) is 14.5. The van der Waals surface area contributed by atoms with Gasteiger partial charge in [0.1, 0.15) is 5.60 Å². The first kappa shape index (κ1) is 20.5. The molecule has 7 heteroatoms. The van der Waals surface area contributed by atoms with Crippen molar-refractivity contribution in [1.29, 1.82) is 0 Å². The summed E-state index contributed by atoms with van der Waals surface area (Å²) in [5.41, 5.74) is 2.64. The molecule has 1 aromatic heterocycles. The Morgan fingerprint density at radius 2 is 1.97 bits per heavy atom. The molecule has 1 N–H and O–H groups in total. The number of hydrogen-bond donors (Lipinski definition) is 1. The summed E-state index contributed by atoms with van der Waals surface area (Å²) in [5, 5.41) is 2.78. The molecule has 1 unspecified atom stereocenters. The van der Waals surface area contributed by atoms with Gasteiger partial charge in [0, 0.05) is 44.2 Å². The van der Waals surface area contributed by atoms with Crippen molar-refractivity contribution in [3.8, 4) is 11.4 Å². The summed E-state index contributed by atoms with van der Waals surface area (Å²) in [6, 6.07) is 9.79. The lowest BCUT2D eigenvalue weighted by Gasteiger charge is -2.44. The highest BCUT2D eigenvalue weighted by atomic mass is 16.5. The Labute approximate surface area is 176 Å². The number of amides is 2. The van der Waals surface area contributed by atoms with E-state index in [1.807, 2.05) is 48.4 Å². The minimum atomic E-state index is -0.458. The fourth-order valence-electron chi connectivity index (χ4n) is 4.42. The largest absolute Gasteiger partial charge is 0.368 e. The molecule has 158 valence electrons. The molecule has 7 nitrogen and oxygen atoms in total. The SMILES string of the molecule is CC(=O)NC(C)CC(=O)N1CCC2(CC1)OCCc1cnc(-c3ccccc3)nc12. The van der Waals surface area contributed by atoms with Crippen LogP contribution in [0.25, 0.3) is 11.4 Å². The Hall–Kier alpha value is -2.80. The third kappa shape index (κ3) is 4.21. The molecular weight excluding hydrogens is 380 g/mol. The molecule has 1 atom stereocenters. The van der Waals surface area contributed by atoms with Crippen LogP contribution in [0.3, 0.4) is 0 Å². The number of benzene rings is 1. The average molecular weight is 409 g/mol. The van der Waals surface area contributed by atoms with Gasteiger partial charge in [0.25, 0.3) is 0 Å². The second-order valence-corrected chi connectivity index (χ2v) is 8.21. The van der Waals surface area contributed by atoms with Crippen LogP contribution in [0.5, 0.6) is 0 Å². The second-order valence-electron chi connectivity index (χ2n) is 8.21. The molecule has 2 aliphatic rings. The highest BCUT2D eigenvalue weighted by molar-refractivity contribution is 5.78. The minimum absolute atomic E-state index is 0.0646. The van der Waals surface area contributed by atoms with Crippen molar-refractivity contribution < 1.29 is 14.3 Å². The van der Waals surface area contributed by atoms with E-state index >= 15 is 0 Å². The number of rotatable bonds is 4. The Bertz CT molecular complexity index is 923. The van der Waals surface area contributed by atoms with Gasteiger partial charge in [-0.05, 0) is 31.7 Å². The molecule has 0 bridgehead atoms. The molecule has 0 radical (unpaired) electrons. The minimum Gasteiger partial charge on any atom is -0.368 e. The van der Waals surface area contributed by atoms with Crippen LogP contribution >= 0.6 is 0 Å². The maximum atomic E-state index is 12.7. The molecule has 2 aliphatic heterocycles. The van der Waals surface area contributed by atoms with E-state index in [2.05, 4.69) is 10.3 Å². The van der Waals surface area contributed by atoms with Crippen LogP contribution in [0.1, 0.15) is 44.4 Å². The van der Waals surface area contributed by atoms with Gasteiger partial charge < -0.3 is 15.0 Å². The van der Waals surface area contributed by atoms with Gasteiger partial charge in [-0.3, -0.25) is 9.59 Å². The molecule has 0 aliphatic carbocycles. The van der Waals surface area contributed by atoms with Crippen molar-refractivity contribution in [3.63, 3.8) is 0 Å². The Kier molecular flexibility index (Phi) is 5.81. The van der Waals surface area contributed by atoms with Crippen LogP contribution in [0.4, 0.5) is 0 Å². The highest BCUT2D eigenvalue weighted by Crippen LogP contribution is 2.41. The number of carbonyl (C=O) groups excluding carboxylic acids is 2. The molecule has 1 spiro atoms. The quantitative estimate of drug-likeness (QED) is 0.840. The molecule has 1 saturated heterocycles. The van der Waals surface area contributed by atoms with Crippen LogP contribution in [0, 0.1) is 0 Å². The van der Waals surface area contributed by atoms with E-state index in [1.165, 1.54) is 6.92 Å². The number of nitrogens with zero attached hydrogens (tertiary/aromatic N) is 3. The summed E-state index contributed by atoms with van der Waals surface area (Å²) in [6.07, 6.45) is 4.48. The van der Waals surface area contributed by atoms with Crippen molar-refractivity contribution in [3.05, 3.63) is 47.8 Å². The lowest BCUT2D eigenvalue weighted by molar-refractivity contribution is -0.141. The predicted molar refractivity (Wildman–Crippen MR) is 113 cm³/mol. The summed E-state index contributed by atoms with van der Waals surface area (Å²) in [4.78, 5) is 35.2. The Morgan fingerprint density at radius 1 is 1.23 bits per heavy atom. The molecule has 1 fully saturated rings. The van der Waals surface area contributed by atoms with Gasteiger partial charge >= 0.3 is 0 Å². The van der Waals surface area contributed by atoms with Crippen molar-refractivity contribution in [2.24, 2.45) is 0 Å². The molecule has 2 aromatic rings. The highest BCUT2D eigenvalue weighted by Gasteiger charge is 2.43. The van der Waals surface area contributed by atoms with E-state index in [0.29, 0.717) is 44.8 Å². The molecule has 3 heterocycles. The molecule has 1 aromatic carbocycles. The van der Waals surface area contributed by atoms with Gasteiger partial charge in [-0.25, -0.2) is 9.97 Å². The zero-order valence-electron chi connectivity index (χ0n) is 17.6. The number of aromatic nitrogens is 2. The summed E-state index contributed by atoms with van der Waals surface area (Å²) < 4.78 is 6.30. The van der Waals surface area contributed by atoms with Crippen molar-refractivity contribution >= 4 is 11.8 Å². The molecular formula is C23H28N4O3. The first-order valence-electron chi connectivity index (χ1n) is 10.6. The van der Waals surface area contributed by atoms with E-state index in [0.717, 1.165) is 23.2 Å². The van der Waals surface area contributed by atoms with Crippen LogP contribution in [-0.2, 0) is 26.3 Å². The maximum absolute atomic E-state index is 12.7. The van der Waals surface area contributed by atoms with E-state index < -0.39 is 5.60 Å². The molecule has 2 amide bonds. The Balaban J connectivity index is 1.50. The summed E-state index contributed by atoms with van der Waals surface area (Å²) in [7, 11) is 0. The van der Waals surface area contributed by atoms with Gasteiger partial charge in [-0.15, -0.1) is 0 Å². The van der Waals surface area contributed by atoms with E-state index in [-0.39, 0.29) is 17.9 Å².